The van der Waals surface area contributed by atoms with Crippen molar-refractivity contribution in [1.82, 2.24) is 10.0 Å². The minimum absolute atomic E-state index is 0.217. The molecular formula is C15H22N2O2S. The lowest BCUT2D eigenvalue weighted by Crippen LogP contribution is -2.34. The fourth-order valence-electron chi connectivity index (χ4n) is 2.22. The fraction of sp³-hybridized carbons (Fsp3) is 0.600. The highest BCUT2D eigenvalue weighted by Crippen LogP contribution is 2.35. The monoisotopic (exact) mass is 294 g/mol. The van der Waals surface area contributed by atoms with Crippen LogP contribution in [0.2, 0.25) is 0 Å². The van der Waals surface area contributed by atoms with Gasteiger partial charge in [-0.25, -0.2) is 13.1 Å². The Labute approximate surface area is 121 Å². The summed E-state index contributed by atoms with van der Waals surface area (Å²) in [6.45, 7) is 2.91. The zero-order valence-electron chi connectivity index (χ0n) is 11.9. The van der Waals surface area contributed by atoms with Gasteiger partial charge in [0.1, 0.15) is 0 Å². The molecule has 0 unspecified atom stereocenters. The van der Waals surface area contributed by atoms with Crippen LogP contribution in [0, 0.1) is 0 Å². The van der Waals surface area contributed by atoms with Crippen molar-refractivity contribution in [2.75, 3.05) is 6.54 Å². The van der Waals surface area contributed by atoms with E-state index in [1.54, 1.807) is 12.1 Å². The van der Waals surface area contributed by atoms with E-state index >= 15 is 0 Å². The second-order valence-electron chi connectivity index (χ2n) is 6.29. The lowest BCUT2D eigenvalue weighted by Gasteiger charge is -2.12. The molecule has 0 atom stereocenters. The number of benzene rings is 1. The van der Waals surface area contributed by atoms with Gasteiger partial charge >= 0.3 is 0 Å². The zero-order chi connectivity index (χ0) is 14.2. The van der Waals surface area contributed by atoms with Gasteiger partial charge in [0.15, 0.2) is 0 Å². The number of hydrogen-bond donors (Lipinski definition) is 2. The molecule has 0 amide bonds. The van der Waals surface area contributed by atoms with Crippen molar-refractivity contribution < 1.29 is 8.42 Å². The van der Waals surface area contributed by atoms with Crippen molar-refractivity contribution in [3.63, 3.8) is 0 Å². The van der Waals surface area contributed by atoms with Gasteiger partial charge in [0.2, 0.25) is 10.0 Å². The predicted octanol–water partition coefficient (Wildman–Crippen LogP) is 1.81. The third-order valence-electron chi connectivity index (χ3n) is 4.04. The fourth-order valence-corrected chi connectivity index (χ4v) is 3.68. The molecule has 2 saturated carbocycles. The lowest BCUT2D eigenvalue weighted by atomic mass is 10.1. The second-order valence-corrected chi connectivity index (χ2v) is 7.97. The normalized spacial score (nSPS) is 20.9. The molecule has 0 radical (unpaired) electrons. The van der Waals surface area contributed by atoms with Crippen molar-refractivity contribution >= 4 is 10.0 Å². The number of nitrogens with one attached hydrogen (secondary N) is 2. The Bertz CT molecular complexity index is 572. The van der Waals surface area contributed by atoms with Crippen molar-refractivity contribution in [2.45, 2.75) is 55.5 Å². The molecular weight excluding hydrogens is 272 g/mol. The number of rotatable bonds is 7. The molecule has 0 saturated heterocycles. The Kier molecular flexibility index (Phi) is 3.60. The van der Waals surface area contributed by atoms with Crippen LogP contribution in [0.15, 0.2) is 29.2 Å². The molecule has 0 bridgehead atoms. The molecule has 1 aromatic rings. The first kappa shape index (κ1) is 14.0. The summed E-state index contributed by atoms with van der Waals surface area (Å²) in [5.41, 5.74) is 0.959. The van der Waals surface area contributed by atoms with Gasteiger partial charge < -0.3 is 5.32 Å². The third-order valence-corrected chi connectivity index (χ3v) is 5.69. The third kappa shape index (κ3) is 3.59. The van der Waals surface area contributed by atoms with E-state index in [4.69, 9.17) is 0 Å². The number of sulfonamides is 1. The van der Waals surface area contributed by atoms with Crippen molar-refractivity contribution in [2.24, 2.45) is 0 Å². The van der Waals surface area contributed by atoms with E-state index in [-0.39, 0.29) is 5.54 Å². The van der Waals surface area contributed by atoms with Crippen molar-refractivity contribution in [3.8, 4) is 0 Å². The highest BCUT2D eigenvalue weighted by atomic mass is 32.2. The standard InChI is InChI=1S/C15H22N2O2S/c1-15(9-10-15)17-20(18,19)14-6-2-12(3-7-14)8-11-16-13-4-5-13/h2-3,6-7,13,16-17H,4-5,8-11H2,1H3. The maximum atomic E-state index is 12.2. The van der Waals surface area contributed by atoms with Gasteiger partial charge in [0.25, 0.3) is 0 Å². The molecule has 3 rings (SSSR count). The van der Waals surface area contributed by atoms with Crippen LogP contribution in [0.25, 0.3) is 0 Å². The Morgan fingerprint density at radius 2 is 1.85 bits per heavy atom. The Hall–Kier alpha value is -0.910. The smallest absolute Gasteiger partial charge is 0.241 e. The van der Waals surface area contributed by atoms with Crippen molar-refractivity contribution in [3.05, 3.63) is 29.8 Å². The summed E-state index contributed by atoms with van der Waals surface area (Å²) in [5.74, 6) is 0. The van der Waals surface area contributed by atoms with Crippen molar-refractivity contribution in [1.29, 1.82) is 0 Å². The zero-order valence-corrected chi connectivity index (χ0v) is 12.7. The van der Waals surface area contributed by atoms with Crippen LogP contribution in [0.3, 0.4) is 0 Å². The highest BCUT2D eigenvalue weighted by Gasteiger charge is 2.41. The summed E-state index contributed by atoms with van der Waals surface area (Å²) in [6.07, 6.45) is 5.39. The summed E-state index contributed by atoms with van der Waals surface area (Å²) in [5, 5.41) is 3.46. The largest absolute Gasteiger partial charge is 0.314 e. The maximum absolute atomic E-state index is 12.2. The molecule has 0 aromatic heterocycles. The first-order chi connectivity index (χ1) is 9.47. The van der Waals surface area contributed by atoms with Crippen LogP contribution in [0.1, 0.15) is 38.2 Å². The Morgan fingerprint density at radius 3 is 2.40 bits per heavy atom. The van der Waals surface area contributed by atoms with Crippen LogP contribution in [-0.2, 0) is 16.4 Å². The molecule has 0 aliphatic heterocycles. The van der Waals surface area contributed by atoms with Gasteiger partial charge in [-0.1, -0.05) is 12.1 Å². The van der Waals surface area contributed by atoms with Gasteiger partial charge in [-0.15, -0.1) is 0 Å². The van der Waals surface area contributed by atoms with Gasteiger partial charge in [0, 0.05) is 11.6 Å². The van der Waals surface area contributed by atoms with Gasteiger partial charge in [-0.2, -0.15) is 0 Å². The quantitative estimate of drug-likeness (QED) is 0.806. The summed E-state index contributed by atoms with van der Waals surface area (Å²) in [6, 6.07) is 7.97. The summed E-state index contributed by atoms with van der Waals surface area (Å²) < 4.78 is 27.1. The average molecular weight is 294 g/mol. The molecule has 5 heteroatoms. The molecule has 2 aliphatic carbocycles. The molecule has 0 heterocycles. The first-order valence-electron chi connectivity index (χ1n) is 7.33. The van der Waals surface area contributed by atoms with E-state index in [1.165, 1.54) is 18.4 Å². The summed E-state index contributed by atoms with van der Waals surface area (Å²) in [4.78, 5) is 0.365. The SMILES string of the molecule is CC1(NS(=O)(=O)c2ccc(CCNC3CC3)cc2)CC1. The van der Waals surface area contributed by atoms with Gasteiger partial charge in [-0.05, 0) is 63.3 Å². The molecule has 1 aromatic carbocycles. The predicted molar refractivity (Wildman–Crippen MR) is 79.1 cm³/mol. The molecule has 4 nitrogen and oxygen atoms in total. The highest BCUT2D eigenvalue weighted by molar-refractivity contribution is 7.89. The van der Waals surface area contributed by atoms with Crippen LogP contribution < -0.4 is 10.0 Å². The minimum Gasteiger partial charge on any atom is -0.314 e. The molecule has 2 N–H and O–H groups in total. The van der Waals surface area contributed by atoms with E-state index in [0.29, 0.717) is 4.90 Å². The minimum atomic E-state index is -3.36. The Morgan fingerprint density at radius 1 is 1.20 bits per heavy atom. The van der Waals surface area contributed by atoms with Gasteiger partial charge in [0.05, 0.1) is 4.90 Å². The number of hydrogen-bond acceptors (Lipinski definition) is 3. The van der Waals surface area contributed by atoms with Crippen LogP contribution in [0.4, 0.5) is 0 Å². The molecule has 0 spiro atoms. The lowest BCUT2D eigenvalue weighted by molar-refractivity contribution is 0.558. The van der Waals surface area contributed by atoms with E-state index in [2.05, 4.69) is 10.0 Å². The molecule has 110 valence electrons. The van der Waals surface area contributed by atoms with Crippen LogP contribution in [0.5, 0.6) is 0 Å². The van der Waals surface area contributed by atoms with E-state index in [9.17, 15) is 8.42 Å². The second kappa shape index (κ2) is 5.13. The molecule has 2 fully saturated rings. The topological polar surface area (TPSA) is 58.2 Å². The summed E-state index contributed by atoms with van der Waals surface area (Å²) in [7, 11) is -3.36. The maximum Gasteiger partial charge on any atom is 0.241 e. The van der Waals surface area contributed by atoms with Crippen LogP contribution >= 0.6 is 0 Å². The molecule has 20 heavy (non-hydrogen) atoms. The molecule has 2 aliphatic rings. The van der Waals surface area contributed by atoms with Gasteiger partial charge in [-0.3, -0.25) is 0 Å². The summed E-state index contributed by atoms with van der Waals surface area (Å²) >= 11 is 0. The average Bonchev–Trinajstić information content (AvgIpc) is 3.29. The Balaban J connectivity index is 1.59. The van der Waals surface area contributed by atoms with Crippen LogP contribution in [-0.4, -0.2) is 26.5 Å². The van der Waals surface area contributed by atoms with E-state index in [1.807, 2.05) is 19.1 Å². The van der Waals surface area contributed by atoms with E-state index < -0.39 is 10.0 Å². The first-order valence-corrected chi connectivity index (χ1v) is 8.82. The van der Waals surface area contributed by atoms with E-state index in [0.717, 1.165) is 31.8 Å².